The molecule has 0 atom stereocenters. The summed E-state index contributed by atoms with van der Waals surface area (Å²) in [6, 6.07) is 12.2. The summed E-state index contributed by atoms with van der Waals surface area (Å²) in [5.74, 6) is -2.18. The Balaban J connectivity index is 1.92. The van der Waals surface area contributed by atoms with E-state index >= 15 is 0 Å². The summed E-state index contributed by atoms with van der Waals surface area (Å²) in [6.07, 6.45) is 1.45. The van der Waals surface area contributed by atoms with E-state index in [4.69, 9.17) is 0 Å². The van der Waals surface area contributed by atoms with Gasteiger partial charge < -0.3 is 5.32 Å². The fourth-order valence-electron chi connectivity index (χ4n) is 2.37. The summed E-state index contributed by atoms with van der Waals surface area (Å²) in [5, 5.41) is 2.32. The number of carbonyl (C=O) groups is 1. The number of benzene rings is 2. The van der Waals surface area contributed by atoms with Crippen molar-refractivity contribution in [2.24, 2.45) is 0 Å². The molecule has 0 aliphatic carbocycles. The first-order valence-corrected chi connectivity index (χ1v) is 9.84. The Labute approximate surface area is 151 Å². The maximum absolute atomic E-state index is 13.5. The van der Waals surface area contributed by atoms with Gasteiger partial charge in [-0.15, -0.1) is 0 Å². The SMILES string of the molecule is CS(=O)(=O)N(CCC(=O)Nc1ccc(F)cc1F)CCc1ccccc1. The third kappa shape index (κ3) is 6.20. The number of nitrogens with zero attached hydrogens (tertiary/aromatic N) is 1. The van der Waals surface area contributed by atoms with Crippen molar-refractivity contribution < 1.29 is 22.0 Å². The van der Waals surface area contributed by atoms with Crippen LogP contribution >= 0.6 is 0 Å². The van der Waals surface area contributed by atoms with E-state index in [0.29, 0.717) is 12.5 Å². The van der Waals surface area contributed by atoms with Gasteiger partial charge in [0.25, 0.3) is 0 Å². The molecule has 5 nitrogen and oxygen atoms in total. The standard InChI is InChI=1S/C18H20F2N2O3S/c1-26(24,25)22(11-9-14-5-3-2-4-6-14)12-10-18(23)21-17-8-7-15(19)13-16(17)20/h2-8,13H,9-12H2,1H3,(H,21,23). The molecule has 2 aromatic carbocycles. The van der Waals surface area contributed by atoms with Gasteiger partial charge in [0.15, 0.2) is 0 Å². The number of sulfonamides is 1. The van der Waals surface area contributed by atoms with Gasteiger partial charge in [-0.05, 0) is 24.1 Å². The number of amides is 1. The zero-order chi connectivity index (χ0) is 19.2. The molecule has 26 heavy (non-hydrogen) atoms. The second-order valence-electron chi connectivity index (χ2n) is 5.82. The lowest BCUT2D eigenvalue weighted by Crippen LogP contribution is -2.34. The Hall–Kier alpha value is -2.32. The van der Waals surface area contributed by atoms with Gasteiger partial charge in [0.2, 0.25) is 15.9 Å². The first-order chi connectivity index (χ1) is 12.3. The van der Waals surface area contributed by atoms with Gasteiger partial charge in [-0.2, -0.15) is 0 Å². The Morgan fingerprint density at radius 1 is 1.08 bits per heavy atom. The van der Waals surface area contributed by atoms with Crippen LogP contribution in [0.1, 0.15) is 12.0 Å². The summed E-state index contributed by atoms with van der Waals surface area (Å²) in [5.41, 5.74) is 0.838. The van der Waals surface area contributed by atoms with Gasteiger partial charge in [-0.25, -0.2) is 21.5 Å². The second-order valence-corrected chi connectivity index (χ2v) is 7.80. The van der Waals surface area contributed by atoms with Gasteiger partial charge >= 0.3 is 0 Å². The third-order valence-electron chi connectivity index (χ3n) is 3.76. The number of halogens is 2. The molecule has 1 amide bonds. The maximum Gasteiger partial charge on any atom is 0.225 e. The first-order valence-electron chi connectivity index (χ1n) is 7.99. The smallest absolute Gasteiger partial charge is 0.225 e. The molecule has 0 unspecified atom stereocenters. The van der Waals surface area contributed by atoms with Crippen molar-refractivity contribution in [3.8, 4) is 0 Å². The van der Waals surface area contributed by atoms with Crippen LogP contribution in [0.5, 0.6) is 0 Å². The van der Waals surface area contributed by atoms with Gasteiger partial charge in [0.05, 0.1) is 11.9 Å². The van der Waals surface area contributed by atoms with Gasteiger partial charge in [0.1, 0.15) is 11.6 Å². The molecule has 0 heterocycles. The van der Waals surface area contributed by atoms with Crippen LogP contribution in [0.2, 0.25) is 0 Å². The molecule has 0 saturated carbocycles. The van der Waals surface area contributed by atoms with Gasteiger partial charge in [-0.3, -0.25) is 4.79 Å². The van der Waals surface area contributed by atoms with Crippen LogP contribution in [0, 0.1) is 11.6 Å². The third-order valence-corrected chi connectivity index (χ3v) is 5.06. The minimum absolute atomic E-state index is 0.0275. The molecule has 0 bridgehead atoms. The molecule has 2 rings (SSSR count). The van der Waals surface area contributed by atoms with Gasteiger partial charge in [-0.1, -0.05) is 30.3 Å². The topological polar surface area (TPSA) is 66.5 Å². The number of hydrogen-bond acceptors (Lipinski definition) is 3. The van der Waals surface area contributed by atoms with E-state index in [0.717, 1.165) is 24.0 Å². The lowest BCUT2D eigenvalue weighted by molar-refractivity contribution is -0.116. The molecule has 0 aliphatic rings. The summed E-state index contributed by atoms with van der Waals surface area (Å²) >= 11 is 0. The molecule has 140 valence electrons. The average Bonchev–Trinajstić information content (AvgIpc) is 2.57. The molecular formula is C18H20F2N2O3S. The van der Waals surface area contributed by atoms with Gasteiger partial charge in [0, 0.05) is 25.6 Å². The number of hydrogen-bond donors (Lipinski definition) is 1. The average molecular weight is 382 g/mol. The molecule has 0 spiro atoms. The summed E-state index contributed by atoms with van der Waals surface area (Å²) in [4.78, 5) is 12.0. The van der Waals surface area contributed by atoms with Crippen molar-refractivity contribution in [2.75, 3.05) is 24.7 Å². The molecular weight excluding hydrogens is 362 g/mol. The Morgan fingerprint density at radius 2 is 1.77 bits per heavy atom. The van der Waals surface area contributed by atoms with Crippen LogP contribution < -0.4 is 5.32 Å². The molecule has 0 aliphatic heterocycles. The van der Waals surface area contributed by atoms with Crippen LogP contribution in [-0.4, -0.2) is 38.0 Å². The van der Waals surface area contributed by atoms with Crippen LogP contribution in [0.3, 0.4) is 0 Å². The minimum Gasteiger partial charge on any atom is -0.324 e. The molecule has 8 heteroatoms. The van der Waals surface area contributed by atoms with E-state index in [1.54, 1.807) is 0 Å². The molecule has 1 N–H and O–H groups in total. The van der Waals surface area contributed by atoms with E-state index in [9.17, 15) is 22.0 Å². The van der Waals surface area contributed by atoms with Crippen molar-refractivity contribution in [3.05, 3.63) is 65.7 Å². The van der Waals surface area contributed by atoms with E-state index in [1.165, 1.54) is 4.31 Å². The fourth-order valence-corrected chi connectivity index (χ4v) is 3.22. The minimum atomic E-state index is -3.49. The zero-order valence-corrected chi connectivity index (χ0v) is 15.1. The van der Waals surface area contributed by atoms with E-state index in [1.807, 2.05) is 30.3 Å². The normalized spacial score (nSPS) is 11.5. The molecule has 0 saturated heterocycles. The molecule has 0 aromatic heterocycles. The van der Waals surface area contributed by atoms with Crippen molar-refractivity contribution in [2.45, 2.75) is 12.8 Å². The number of nitrogens with one attached hydrogen (secondary N) is 1. The largest absolute Gasteiger partial charge is 0.324 e. The number of anilines is 1. The Morgan fingerprint density at radius 3 is 2.38 bits per heavy atom. The molecule has 2 aromatic rings. The number of rotatable bonds is 8. The zero-order valence-electron chi connectivity index (χ0n) is 14.3. The highest BCUT2D eigenvalue weighted by Gasteiger charge is 2.18. The second kappa shape index (κ2) is 8.86. The van der Waals surface area contributed by atoms with Crippen molar-refractivity contribution in [3.63, 3.8) is 0 Å². The van der Waals surface area contributed by atoms with Crippen molar-refractivity contribution in [1.82, 2.24) is 4.31 Å². The summed E-state index contributed by atoms with van der Waals surface area (Å²) in [7, 11) is -3.49. The van der Waals surface area contributed by atoms with E-state index < -0.39 is 27.6 Å². The van der Waals surface area contributed by atoms with Crippen LogP contribution in [-0.2, 0) is 21.2 Å². The highest BCUT2D eigenvalue weighted by molar-refractivity contribution is 7.88. The Kier molecular flexibility index (Phi) is 6.82. The van der Waals surface area contributed by atoms with Crippen LogP contribution in [0.15, 0.2) is 48.5 Å². The first kappa shape index (κ1) is 20.0. The predicted octanol–water partition coefficient (Wildman–Crippen LogP) is 2.80. The molecule has 0 radical (unpaired) electrons. The highest BCUT2D eigenvalue weighted by Crippen LogP contribution is 2.15. The highest BCUT2D eigenvalue weighted by atomic mass is 32.2. The van der Waals surface area contributed by atoms with Crippen molar-refractivity contribution in [1.29, 1.82) is 0 Å². The van der Waals surface area contributed by atoms with E-state index in [2.05, 4.69) is 5.32 Å². The summed E-state index contributed by atoms with van der Waals surface area (Å²) < 4.78 is 51.4. The quantitative estimate of drug-likeness (QED) is 0.764. The lowest BCUT2D eigenvalue weighted by Gasteiger charge is -2.19. The fraction of sp³-hybridized carbons (Fsp3) is 0.278. The Bertz CT molecular complexity index is 858. The molecule has 0 fully saturated rings. The summed E-state index contributed by atoms with van der Waals surface area (Å²) in [6.45, 7) is 0.210. The van der Waals surface area contributed by atoms with E-state index in [-0.39, 0.29) is 25.2 Å². The monoisotopic (exact) mass is 382 g/mol. The van der Waals surface area contributed by atoms with Crippen LogP contribution in [0.25, 0.3) is 0 Å². The number of carbonyl (C=O) groups excluding carboxylic acids is 1. The predicted molar refractivity (Wildman–Crippen MR) is 96.2 cm³/mol. The maximum atomic E-state index is 13.5. The van der Waals surface area contributed by atoms with Crippen molar-refractivity contribution >= 4 is 21.6 Å². The lowest BCUT2D eigenvalue weighted by atomic mass is 10.1. The van der Waals surface area contributed by atoms with Crippen LogP contribution in [0.4, 0.5) is 14.5 Å².